The van der Waals surface area contributed by atoms with Crippen molar-refractivity contribution in [2.45, 2.75) is 40.3 Å². The van der Waals surface area contributed by atoms with E-state index in [0.29, 0.717) is 23.5 Å². The van der Waals surface area contributed by atoms with Crippen molar-refractivity contribution in [3.8, 4) is 6.07 Å². The van der Waals surface area contributed by atoms with Gasteiger partial charge in [0.2, 0.25) is 5.91 Å². The molecule has 0 saturated heterocycles. The molecule has 0 aliphatic carbocycles. The van der Waals surface area contributed by atoms with Crippen LogP contribution in [-0.4, -0.2) is 32.1 Å². The van der Waals surface area contributed by atoms with Gasteiger partial charge in [-0.05, 0) is 45.4 Å². The van der Waals surface area contributed by atoms with E-state index >= 15 is 0 Å². The molecular formula is C18H21N5O3. The van der Waals surface area contributed by atoms with Crippen LogP contribution in [0.5, 0.6) is 0 Å². The van der Waals surface area contributed by atoms with Gasteiger partial charge in [0, 0.05) is 6.54 Å². The maximum Gasteiger partial charge on any atom is 0.312 e. The Labute approximate surface area is 151 Å². The van der Waals surface area contributed by atoms with Gasteiger partial charge in [0.05, 0.1) is 22.6 Å². The molecule has 0 bridgehead atoms. The Morgan fingerprint density at radius 2 is 2.00 bits per heavy atom. The average Bonchev–Trinajstić information content (AvgIpc) is 2.89. The van der Waals surface area contributed by atoms with Crippen molar-refractivity contribution >= 4 is 11.6 Å². The summed E-state index contributed by atoms with van der Waals surface area (Å²) in [5, 5.41) is 24.1. The Bertz CT molecular complexity index is 864. The number of hydrogen-bond acceptors (Lipinski definition) is 5. The van der Waals surface area contributed by atoms with E-state index in [1.165, 1.54) is 4.68 Å². The number of nitrogens with zero attached hydrogens (tertiary/aromatic N) is 5. The van der Waals surface area contributed by atoms with E-state index in [9.17, 15) is 14.9 Å². The van der Waals surface area contributed by atoms with Gasteiger partial charge >= 0.3 is 5.69 Å². The molecule has 0 aliphatic heterocycles. The molecule has 2 rings (SSSR count). The molecule has 0 radical (unpaired) electrons. The second-order valence-corrected chi connectivity index (χ2v) is 6.02. The summed E-state index contributed by atoms with van der Waals surface area (Å²) < 4.78 is 1.38. The van der Waals surface area contributed by atoms with Gasteiger partial charge in [0.1, 0.15) is 17.9 Å². The van der Waals surface area contributed by atoms with Crippen molar-refractivity contribution in [2.75, 3.05) is 6.54 Å². The quantitative estimate of drug-likeness (QED) is 0.585. The summed E-state index contributed by atoms with van der Waals surface area (Å²) in [7, 11) is 0. The van der Waals surface area contributed by atoms with Crippen LogP contribution >= 0.6 is 0 Å². The lowest BCUT2D eigenvalue weighted by molar-refractivity contribution is -0.386. The van der Waals surface area contributed by atoms with Gasteiger partial charge in [-0.1, -0.05) is 12.1 Å². The number of aromatic nitrogens is 2. The van der Waals surface area contributed by atoms with Gasteiger partial charge in [-0.25, -0.2) is 0 Å². The number of rotatable bonds is 6. The Hall–Kier alpha value is -3.21. The number of carbonyl (C=O) groups is 1. The molecule has 0 saturated carbocycles. The molecule has 1 unspecified atom stereocenters. The first-order chi connectivity index (χ1) is 12.3. The zero-order valence-electron chi connectivity index (χ0n) is 15.3. The predicted molar refractivity (Wildman–Crippen MR) is 95.3 cm³/mol. The van der Waals surface area contributed by atoms with Crippen molar-refractivity contribution in [1.29, 1.82) is 5.26 Å². The summed E-state index contributed by atoms with van der Waals surface area (Å²) >= 11 is 0. The largest absolute Gasteiger partial charge is 0.335 e. The van der Waals surface area contributed by atoms with E-state index < -0.39 is 4.92 Å². The molecule has 1 amide bonds. The Balaban J connectivity index is 2.22. The molecule has 8 heteroatoms. The zero-order valence-corrected chi connectivity index (χ0v) is 15.3. The predicted octanol–water partition coefficient (Wildman–Crippen LogP) is 2.89. The highest BCUT2D eigenvalue weighted by Crippen LogP contribution is 2.24. The van der Waals surface area contributed by atoms with Crippen molar-refractivity contribution in [2.24, 2.45) is 0 Å². The first kappa shape index (κ1) is 19.1. The van der Waals surface area contributed by atoms with E-state index in [4.69, 9.17) is 5.26 Å². The topological polar surface area (TPSA) is 105 Å². The van der Waals surface area contributed by atoms with E-state index in [1.54, 1.807) is 30.9 Å². The first-order valence-electron chi connectivity index (χ1n) is 8.28. The van der Waals surface area contributed by atoms with Crippen LogP contribution in [0.1, 0.15) is 42.4 Å². The third-order valence-electron chi connectivity index (χ3n) is 4.46. The van der Waals surface area contributed by atoms with Gasteiger partial charge in [-0.3, -0.25) is 19.6 Å². The number of likely N-dealkylation sites (N-methyl/N-ethyl adjacent to an activating group) is 1. The fourth-order valence-electron chi connectivity index (χ4n) is 3.01. The van der Waals surface area contributed by atoms with E-state index in [0.717, 1.165) is 5.56 Å². The number of nitro groups is 1. The molecule has 0 N–H and O–H groups in total. The van der Waals surface area contributed by atoms with Gasteiger partial charge in [-0.2, -0.15) is 10.4 Å². The molecule has 1 aromatic carbocycles. The fraction of sp³-hybridized carbons (Fsp3) is 0.389. The third-order valence-corrected chi connectivity index (χ3v) is 4.46. The summed E-state index contributed by atoms with van der Waals surface area (Å²) in [6, 6.07) is 8.97. The van der Waals surface area contributed by atoms with E-state index in [2.05, 4.69) is 11.2 Å². The number of hydrogen-bond donors (Lipinski definition) is 0. The van der Waals surface area contributed by atoms with Crippen LogP contribution in [0.15, 0.2) is 24.3 Å². The lowest BCUT2D eigenvalue weighted by Gasteiger charge is -2.28. The van der Waals surface area contributed by atoms with Crippen molar-refractivity contribution in [1.82, 2.24) is 14.7 Å². The number of amides is 1. The molecular weight excluding hydrogens is 334 g/mol. The van der Waals surface area contributed by atoms with Crippen LogP contribution in [0.4, 0.5) is 5.69 Å². The highest BCUT2D eigenvalue weighted by molar-refractivity contribution is 5.76. The average molecular weight is 355 g/mol. The minimum absolute atomic E-state index is 0.0546. The van der Waals surface area contributed by atoms with E-state index in [1.807, 2.05) is 26.0 Å². The van der Waals surface area contributed by atoms with Crippen molar-refractivity contribution < 1.29 is 9.72 Å². The smallest absolute Gasteiger partial charge is 0.312 e. The van der Waals surface area contributed by atoms with Crippen LogP contribution in [0, 0.1) is 35.3 Å². The summed E-state index contributed by atoms with van der Waals surface area (Å²) in [6.45, 7) is 7.36. The number of aryl methyl sites for hydroxylation is 1. The second-order valence-electron chi connectivity index (χ2n) is 6.02. The monoisotopic (exact) mass is 355 g/mol. The maximum absolute atomic E-state index is 12.8. The molecule has 1 heterocycles. The fourth-order valence-corrected chi connectivity index (χ4v) is 3.01. The Morgan fingerprint density at radius 1 is 1.38 bits per heavy atom. The molecule has 0 fully saturated rings. The summed E-state index contributed by atoms with van der Waals surface area (Å²) in [4.78, 5) is 25.1. The maximum atomic E-state index is 12.8. The van der Waals surface area contributed by atoms with Crippen molar-refractivity contribution in [3.63, 3.8) is 0 Å². The lowest BCUT2D eigenvalue weighted by atomic mass is 10.0. The number of carbonyl (C=O) groups excluding carboxylic acids is 1. The molecule has 0 spiro atoms. The zero-order chi connectivity index (χ0) is 19.4. The van der Waals surface area contributed by atoms with Gasteiger partial charge in [0.15, 0.2) is 0 Å². The van der Waals surface area contributed by atoms with Gasteiger partial charge < -0.3 is 4.90 Å². The minimum atomic E-state index is -0.477. The Kier molecular flexibility index (Phi) is 5.72. The Morgan fingerprint density at radius 3 is 2.46 bits per heavy atom. The first-order valence-corrected chi connectivity index (χ1v) is 8.28. The molecule has 1 atom stereocenters. The SMILES string of the molecule is CCN(C(=O)Cn1nc(C)c([N+](=O)[O-])c1C)C(C)c1ccc(C#N)cc1. The van der Waals surface area contributed by atoms with Crippen LogP contribution in [0.2, 0.25) is 0 Å². The third kappa shape index (κ3) is 3.72. The number of benzene rings is 1. The summed E-state index contributed by atoms with van der Waals surface area (Å²) in [5.74, 6) is -0.176. The van der Waals surface area contributed by atoms with Crippen LogP contribution in [0.25, 0.3) is 0 Å². The number of nitriles is 1. The highest BCUT2D eigenvalue weighted by Gasteiger charge is 2.25. The van der Waals surface area contributed by atoms with Crippen molar-refractivity contribution in [3.05, 3.63) is 56.9 Å². The van der Waals surface area contributed by atoms with Crippen LogP contribution in [0.3, 0.4) is 0 Å². The van der Waals surface area contributed by atoms with Gasteiger partial charge in [-0.15, -0.1) is 0 Å². The molecule has 0 aliphatic rings. The normalized spacial score (nSPS) is 11.7. The molecule has 8 nitrogen and oxygen atoms in total. The summed E-state index contributed by atoms with van der Waals surface area (Å²) in [6.07, 6.45) is 0. The standard InChI is InChI=1S/C18H21N5O3/c1-5-21(13(3)16-8-6-15(10-19)7-9-16)17(24)11-22-14(4)18(23(25)26)12(2)20-22/h6-9,13H,5,11H2,1-4H3. The second kappa shape index (κ2) is 7.78. The van der Waals surface area contributed by atoms with Crippen LogP contribution < -0.4 is 0 Å². The lowest BCUT2D eigenvalue weighted by Crippen LogP contribution is -2.36. The molecule has 26 heavy (non-hydrogen) atoms. The molecule has 2 aromatic rings. The molecule has 1 aromatic heterocycles. The summed E-state index contributed by atoms with van der Waals surface area (Å²) in [5.41, 5.74) is 2.08. The van der Waals surface area contributed by atoms with Crippen LogP contribution in [-0.2, 0) is 11.3 Å². The van der Waals surface area contributed by atoms with E-state index in [-0.39, 0.29) is 24.2 Å². The minimum Gasteiger partial charge on any atom is -0.335 e. The van der Waals surface area contributed by atoms with Gasteiger partial charge in [0.25, 0.3) is 0 Å². The molecule has 136 valence electrons. The highest BCUT2D eigenvalue weighted by atomic mass is 16.6.